The van der Waals surface area contributed by atoms with Crippen molar-refractivity contribution in [2.24, 2.45) is 5.92 Å². The van der Waals surface area contributed by atoms with Gasteiger partial charge in [-0.05, 0) is 17.0 Å². The summed E-state index contributed by atoms with van der Waals surface area (Å²) >= 11 is 1.32. The van der Waals surface area contributed by atoms with Crippen LogP contribution in [0.1, 0.15) is 58.6 Å². The van der Waals surface area contributed by atoms with Crippen molar-refractivity contribution in [3.63, 3.8) is 0 Å². The Bertz CT molecular complexity index is 716. The Balaban J connectivity index is 2.28. The van der Waals surface area contributed by atoms with Crippen LogP contribution in [0.3, 0.4) is 0 Å². The minimum atomic E-state index is -0.699. The number of rotatable bonds is 10. The van der Waals surface area contributed by atoms with Crippen LogP contribution in [0.2, 0.25) is 0 Å². The first-order valence-electron chi connectivity index (χ1n) is 10.9. The molecule has 0 radical (unpaired) electrons. The number of nitrogens with zero attached hydrogens (tertiary/aromatic N) is 1. The van der Waals surface area contributed by atoms with Crippen molar-refractivity contribution < 1.29 is 9.90 Å². The second-order valence-corrected chi connectivity index (χ2v) is 11.0. The molecule has 2 aromatic carbocycles. The summed E-state index contributed by atoms with van der Waals surface area (Å²) in [5.74, 6) is 0.264. The molecule has 0 bridgehead atoms. The lowest BCUT2D eigenvalue weighted by molar-refractivity contribution is -0.114. The molecule has 30 heavy (non-hydrogen) atoms. The van der Waals surface area contributed by atoms with Gasteiger partial charge in [0.05, 0.1) is 6.10 Å². The van der Waals surface area contributed by atoms with Crippen molar-refractivity contribution in [1.29, 1.82) is 0 Å². The molecule has 1 N–H and O–H groups in total. The minimum absolute atomic E-state index is 0.0580. The molecule has 0 aromatic heterocycles. The van der Waals surface area contributed by atoms with E-state index in [1.807, 2.05) is 57.2 Å². The summed E-state index contributed by atoms with van der Waals surface area (Å²) in [4.78, 5) is 15.0. The zero-order valence-corrected chi connectivity index (χ0v) is 19.9. The minimum Gasteiger partial charge on any atom is -0.391 e. The molecular formula is C26H37NO2S. The third-order valence-corrected chi connectivity index (χ3v) is 6.30. The lowest BCUT2D eigenvalue weighted by Crippen LogP contribution is -2.47. The molecule has 164 valence electrons. The second-order valence-electron chi connectivity index (χ2n) is 9.11. The van der Waals surface area contributed by atoms with E-state index in [1.54, 1.807) is 0 Å². The first-order chi connectivity index (χ1) is 14.2. The molecular weight excluding hydrogens is 390 g/mol. The van der Waals surface area contributed by atoms with Crippen LogP contribution >= 0.6 is 11.8 Å². The predicted octanol–water partition coefficient (Wildman–Crippen LogP) is 5.91. The first-order valence-corrected chi connectivity index (χ1v) is 11.7. The molecule has 0 aliphatic heterocycles. The van der Waals surface area contributed by atoms with E-state index in [0.29, 0.717) is 0 Å². The average Bonchev–Trinajstić information content (AvgIpc) is 2.68. The fourth-order valence-electron chi connectivity index (χ4n) is 3.80. The van der Waals surface area contributed by atoms with Gasteiger partial charge in [-0.15, -0.1) is 0 Å². The molecule has 0 heterocycles. The highest BCUT2D eigenvalue weighted by atomic mass is 32.2. The van der Waals surface area contributed by atoms with Crippen LogP contribution in [-0.4, -0.2) is 32.0 Å². The monoisotopic (exact) mass is 427 g/mol. The summed E-state index contributed by atoms with van der Waals surface area (Å²) in [6, 6.07) is 20.6. The zero-order valence-electron chi connectivity index (χ0n) is 19.0. The van der Waals surface area contributed by atoms with Crippen LogP contribution in [0.15, 0.2) is 60.7 Å². The molecule has 0 fully saturated rings. The molecule has 0 aliphatic rings. The zero-order chi connectivity index (χ0) is 22.1. The van der Waals surface area contributed by atoms with E-state index in [4.69, 9.17) is 0 Å². The highest BCUT2D eigenvalue weighted by Gasteiger charge is 2.32. The Morgan fingerprint density at radius 2 is 1.43 bits per heavy atom. The lowest BCUT2D eigenvalue weighted by Gasteiger charge is -2.39. The number of aliphatic hydroxyl groups excluding tert-OH is 1. The quantitative estimate of drug-likeness (QED) is 0.511. The van der Waals surface area contributed by atoms with Crippen LogP contribution in [0, 0.1) is 5.92 Å². The number of aliphatic hydroxyl groups is 1. The Morgan fingerprint density at radius 1 is 0.967 bits per heavy atom. The molecule has 0 aliphatic carbocycles. The number of thioether (sulfide) groups is 1. The molecule has 1 unspecified atom stereocenters. The van der Waals surface area contributed by atoms with Gasteiger partial charge in [0.1, 0.15) is 0 Å². The van der Waals surface area contributed by atoms with Crippen molar-refractivity contribution in [1.82, 2.24) is 4.90 Å². The molecule has 2 aromatic rings. The summed E-state index contributed by atoms with van der Waals surface area (Å²) in [6.07, 6.45) is 0.425. The maximum Gasteiger partial charge on any atom is 0.192 e. The van der Waals surface area contributed by atoms with Crippen molar-refractivity contribution in [2.45, 2.75) is 77.4 Å². The summed E-state index contributed by atoms with van der Waals surface area (Å²) in [7, 11) is 0. The van der Waals surface area contributed by atoms with Gasteiger partial charge in [0.25, 0.3) is 0 Å². The van der Waals surface area contributed by atoms with E-state index < -0.39 is 6.10 Å². The van der Waals surface area contributed by atoms with Gasteiger partial charge in [-0.25, -0.2) is 0 Å². The number of hydrogen-bond donors (Lipinski definition) is 1. The van der Waals surface area contributed by atoms with Crippen molar-refractivity contribution in [2.75, 3.05) is 0 Å². The van der Waals surface area contributed by atoms with Crippen LogP contribution in [0.25, 0.3) is 0 Å². The number of carbonyl (C=O) groups is 1. The molecule has 0 spiro atoms. The van der Waals surface area contributed by atoms with Gasteiger partial charge in [-0.3, -0.25) is 9.69 Å². The summed E-state index contributed by atoms with van der Waals surface area (Å²) in [5, 5.41) is 11.3. The lowest BCUT2D eigenvalue weighted by atomic mass is 9.90. The second kappa shape index (κ2) is 11.7. The van der Waals surface area contributed by atoms with E-state index >= 15 is 0 Å². The number of benzene rings is 2. The summed E-state index contributed by atoms with van der Waals surface area (Å²) in [5.41, 5.74) is 2.42. The Labute approximate surface area is 186 Å². The smallest absolute Gasteiger partial charge is 0.192 e. The Hall–Kier alpha value is -1.62. The van der Waals surface area contributed by atoms with Gasteiger partial charge in [0.15, 0.2) is 5.12 Å². The fourth-order valence-corrected chi connectivity index (χ4v) is 4.74. The maximum atomic E-state index is 12.6. The van der Waals surface area contributed by atoms with Gasteiger partial charge >= 0.3 is 0 Å². The van der Waals surface area contributed by atoms with Gasteiger partial charge in [0.2, 0.25) is 0 Å². The van der Waals surface area contributed by atoms with Crippen LogP contribution in [0.4, 0.5) is 0 Å². The van der Waals surface area contributed by atoms with Crippen LogP contribution in [-0.2, 0) is 17.9 Å². The normalized spacial score (nSPS) is 15.0. The highest BCUT2D eigenvalue weighted by Crippen LogP contribution is 2.29. The third-order valence-electron chi connectivity index (χ3n) is 5.30. The molecule has 3 atom stereocenters. The molecule has 4 heteroatoms. The SMILES string of the molecule is CCC(C)[C@@H]([C@@H](O)CC(=O)SC(C)(C)C)N(Cc1ccccc1)Cc1ccccc1. The van der Waals surface area contributed by atoms with E-state index in [0.717, 1.165) is 19.5 Å². The van der Waals surface area contributed by atoms with E-state index in [-0.39, 0.29) is 28.2 Å². The molecule has 0 amide bonds. The van der Waals surface area contributed by atoms with Crippen molar-refractivity contribution in [3.8, 4) is 0 Å². The van der Waals surface area contributed by atoms with Gasteiger partial charge < -0.3 is 5.11 Å². The van der Waals surface area contributed by atoms with Gasteiger partial charge in [-0.2, -0.15) is 0 Å². The molecule has 0 saturated heterocycles. The highest BCUT2D eigenvalue weighted by molar-refractivity contribution is 8.14. The fraction of sp³-hybridized carbons (Fsp3) is 0.500. The van der Waals surface area contributed by atoms with E-state index in [1.165, 1.54) is 22.9 Å². The molecule has 2 rings (SSSR count). The third kappa shape index (κ3) is 8.25. The largest absolute Gasteiger partial charge is 0.391 e. The number of hydrogen-bond acceptors (Lipinski definition) is 4. The topological polar surface area (TPSA) is 40.5 Å². The van der Waals surface area contributed by atoms with Crippen molar-refractivity contribution >= 4 is 16.9 Å². The Morgan fingerprint density at radius 3 is 1.83 bits per heavy atom. The standard InChI is InChI=1S/C26H37NO2S/c1-6-20(2)25(23(28)17-24(29)30-26(3,4)5)27(18-21-13-9-7-10-14-21)19-22-15-11-8-12-16-22/h7-16,20,23,25,28H,6,17-19H2,1-5H3/t20?,23-,25-/m0/s1. The van der Waals surface area contributed by atoms with E-state index in [2.05, 4.69) is 43.0 Å². The first kappa shape index (κ1) is 24.6. The summed E-state index contributed by atoms with van der Waals surface area (Å²) < 4.78 is -0.142. The van der Waals surface area contributed by atoms with Crippen molar-refractivity contribution in [3.05, 3.63) is 71.8 Å². The van der Waals surface area contributed by atoms with Gasteiger partial charge in [-0.1, -0.05) is 113 Å². The van der Waals surface area contributed by atoms with E-state index in [9.17, 15) is 9.90 Å². The Kier molecular flexibility index (Phi) is 9.60. The van der Waals surface area contributed by atoms with Crippen LogP contribution in [0.5, 0.6) is 0 Å². The predicted molar refractivity (Wildman–Crippen MR) is 128 cm³/mol. The molecule has 3 nitrogen and oxygen atoms in total. The number of carbonyl (C=O) groups excluding carboxylic acids is 1. The summed E-state index contributed by atoms with van der Waals surface area (Å²) in [6.45, 7) is 11.9. The maximum absolute atomic E-state index is 12.6. The average molecular weight is 428 g/mol. The van der Waals surface area contributed by atoms with Crippen LogP contribution < -0.4 is 0 Å². The molecule has 0 saturated carbocycles. The van der Waals surface area contributed by atoms with Gasteiger partial charge in [0, 0.05) is 30.3 Å².